The molecule has 1 unspecified atom stereocenters. The number of thioether (sulfide) groups is 1. The van der Waals surface area contributed by atoms with Gasteiger partial charge in [0, 0.05) is 4.75 Å². The second-order valence-corrected chi connectivity index (χ2v) is 5.59. The van der Waals surface area contributed by atoms with Crippen LogP contribution in [0.25, 0.3) is 0 Å². The maximum atomic E-state index is 5.50. The largest absolute Gasteiger partial charge is 0.500 e. The van der Waals surface area contributed by atoms with E-state index in [0.717, 1.165) is 6.61 Å². The van der Waals surface area contributed by atoms with Gasteiger partial charge in [0.15, 0.2) is 0 Å². The number of allylic oxidation sites excluding steroid dienone is 1. The number of rotatable bonds is 3. The molecule has 1 saturated heterocycles. The first-order valence-electron chi connectivity index (χ1n) is 4.51. The van der Waals surface area contributed by atoms with E-state index < -0.39 is 0 Å². The Labute approximate surface area is 79.6 Å². The first kappa shape index (κ1) is 9.97. The van der Waals surface area contributed by atoms with Crippen molar-refractivity contribution in [1.82, 2.24) is 0 Å². The van der Waals surface area contributed by atoms with E-state index in [9.17, 15) is 0 Å². The van der Waals surface area contributed by atoms with Crippen LogP contribution in [0.2, 0.25) is 0 Å². The third-order valence-electron chi connectivity index (χ3n) is 2.01. The topological polar surface area (TPSA) is 9.23 Å². The van der Waals surface area contributed by atoms with E-state index in [2.05, 4.69) is 20.8 Å². The van der Waals surface area contributed by atoms with Crippen LogP contribution in [0.5, 0.6) is 0 Å². The molecule has 0 aromatic heterocycles. The maximum absolute atomic E-state index is 5.50. The summed E-state index contributed by atoms with van der Waals surface area (Å²) >= 11 is 2.04. The van der Waals surface area contributed by atoms with Gasteiger partial charge in [-0.3, -0.25) is 0 Å². The fraction of sp³-hybridized carbons (Fsp3) is 0.800. The molecule has 1 aliphatic heterocycles. The van der Waals surface area contributed by atoms with Gasteiger partial charge in [-0.15, -0.1) is 0 Å². The van der Waals surface area contributed by atoms with Crippen molar-refractivity contribution < 1.29 is 4.74 Å². The van der Waals surface area contributed by atoms with Gasteiger partial charge in [0.1, 0.15) is 6.61 Å². The predicted octanol–water partition coefficient (Wildman–Crippen LogP) is 3.21. The molecule has 0 aromatic rings. The lowest BCUT2D eigenvalue weighted by atomic mass is 10.1. The highest BCUT2D eigenvalue weighted by Crippen LogP contribution is 2.37. The number of ether oxygens (including phenoxy) is 1. The summed E-state index contributed by atoms with van der Waals surface area (Å²) in [6, 6.07) is 0. The van der Waals surface area contributed by atoms with Crippen molar-refractivity contribution in [2.75, 3.05) is 12.4 Å². The Morgan fingerprint density at radius 2 is 2.33 bits per heavy atom. The molecule has 1 fully saturated rings. The normalized spacial score (nSPS) is 28.6. The third kappa shape index (κ3) is 3.10. The highest BCUT2D eigenvalue weighted by atomic mass is 32.2. The fourth-order valence-corrected chi connectivity index (χ4v) is 2.56. The zero-order valence-corrected chi connectivity index (χ0v) is 9.04. The van der Waals surface area contributed by atoms with E-state index in [4.69, 9.17) is 4.74 Å². The van der Waals surface area contributed by atoms with E-state index in [1.165, 1.54) is 24.2 Å². The molecule has 1 nitrogen and oxygen atoms in total. The van der Waals surface area contributed by atoms with Crippen molar-refractivity contribution in [3.63, 3.8) is 0 Å². The average Bonchev–Trinajstić information content (AvgIpc) is 2.35. The van der Waals surface area contributed by atoms with Crippen LogP contribution in [-0.4, -0.2) is 17.1 Å². The zero-order valence-electron chi connectivity index (χ0n) is 8.22. The monoisotopic (exact) mass is 186 g/mol. The summed E-state index contributed by atoms with van der Waals surface area (Å²) < 4.78 is 5.88. The molecule has 0 radical (unpaired) electrons. The highest BCUT2D eigenvalue weighted by molar-refractivity contribution is 8.00. The van der Waals surface area contributed by atoms with Crippen molar-refractivity contribution in [2.24, 2.45) is 0 Å². The van der Waals surface area contributed by atoms with Gasteiger partial charge in [-0.2, -0.15) is 11.8 Å². The molecule has 0 aromatic carbocycles. The summed E-state index contributed by atoms with van der Waals surface area (Å²) in [6.45, 7) is 7.28. The lowest BCUT2D eigenvalue weighted by Crippen LogP contribution is -2.22. The summed E-state index contributed by atoms with van der Waals surface area (Å²) in [5, 5.41) is 0. The lowest BCUT2D eigenvalue weighted by molar-refractivity contribution is 0.214. The van der Waals surface area contributed by atoms with E-state index in [1.807, 2.05) is 18.0 Å². The molecule has 1 aliphatic rings. The summed E-state index contributed by atoms with van der Waals surface area (Å²) in [5.74, 6) is 1.30. The molecule has 12 heavy (non-hydrogen) atoms. The minimum atomic E-state index is 0.381. The average molecular weight is 186 g/mol. The van der Waals surface area contributed by atoms with E-state index in [0.29, 0.717) is 4.75 Å². The van der Waals surface area contributed by atoms with Gasteiger partial charge in [0.2, 0.25) is 0 Å². The molecule has 0 N–H and O–H groups in total. The first-order chi connectivity index (χ1) is 5.62. The van der Waals surface area contributed by atoms with Crippen molar-refractivity contribution in [3.8, 4) is 0 Å². The summed E-state index contributed by atoms with van der Waals surface area (Å²) in [6.07, 6.45) is 4.51. The Morgan fingerprint density at radius 3 is 2.83 bits per heavy atom. The molecule has 1 rings (SSSR count). The zero-order chi connectivity index (χ0) is 9.03. The second kappa shape index (κ2) is 4.22. The van der Waals surface area contributed by atoms with Crippen LogP contribution in [-0.2, 0) is 4.74 Å². The minimum absolute atomic E-state index is 0.381. The van der Waals surface area contributed by atoms with Crippen LogP contribution in [0.4, 0.5) is 0 Å². The Morgan fingerprint density at radius 1 is 1.58 bits per heavy atom. The molecular weight excluding hydrogens is 168 g/mol. The van der Waals surface area contributed by atoms with Crippen molar-refractivity contribution in [3.05, 3.63) is 11.8 Å². The third-order valence-corrected chi connectivity index (χ3v) is 3.52. The van der Waals surface area contributed by atoms with E-state index in [1.54, 1.807) is 0 Å². The molecule has 0 amide bonds. The molecule has 0 saturated carbocycles. The van der Waals surface area contributed by atoms with Gasteiger partial charge in [-0.05, 0) is 44.9 Å². The summed E-state index contributed by atoms with van der Waals surface area (Å²) in [5.41, 5.74) is 1.24. The van der Waals surface area contributed by atoms with Crippen LogP contribution in [0.15, 0.2) is 11.8 Å². The van der Waals surface area contributed by atoms with Crippen LogP contribution >= 0.6 is 11.8 Å². The molecule has 2 heteroatoms. The standard InChI is InChI=1S/C10H18OS/c1-9(2)7-11-8-10(3)5-4-6-12-10/h7H,4-6,8H2,1-3H3. The first-order valence-corrected chi connectivity index (χ1v) is 5.50. The molecule has 0 aliphatic carbocycles. The summed E-state index contributed by atoms with van der Waals surface area (Å²) in [7, 11) is 0. The predicted molar refractivity (Wildman–Crippen MR) is 55.5 cm³/mol. The second-order valence-electron chi connectivity index (χ2n) is 3.91. The lowest BCUT2D eigenvalue weighted by Gasteiger charge is -2.21. The van der Waals surface area contributed by atoms with E-state index >= 15 is 0 Å². The quantitative estimate of drug-likeness (QED) is 0.626. The van der Waals surface area contributed by atoms with Crippen LogP contribution in [0.1, 0.15) is 33.6 Å². The smallest absolute Gasteiger partial charge is 0.102 e. The Hall–Kier alpha value is -0.110. The van der Waals surface area contributed by atoms with Crippen LogP contribution < -0.4 is 0 Å². The summed E-state index contributed by atoms with van der Waals surface area (Å²) in [4.78, 5) is 0. The fourth-order valence-electron chi connectivity index (χ4n) is 1.34. The Kier molecular flexibility index (Phi) is 3.51. The van der Waals surface area contributed by atoms with Crippen LogP contribution in [0, 0.1) is 0 Å². The number of hydrogen-bond acceptors (Lipinski definition) is 2. The van der Waals surface area contributed by atoms with Gasteiger partial charge < -0.3 is 4.74 Å². The van der Waals surface area contributed by atoms with Gasteiger partial charge in [0.25, 0.3) is 0 Å². The van der Waals surface area contributed by atoms with Crippen molar-refractivity contribution in [2.45, 2.75) is 38.4 Å². The minimum Gasteiger partial charge on any atom is -0.500 e. The Balaban J connectivity index is 2.26. The van der Waals surface area contributed by atoms with Crippen molar-refractivity contribution >= 4 is 11.8 Å². The van der Waals surface area contributed by atoms with Gasteiger partial charge in [-0.1, -0.05) is 0 Å². The molecule has 1 heterocycles. The van der Waals surface area contributed by atoms with Crippen LogP contribution in [0.3, 0.4) is 0 Å². The maximum Gasteiger partial charge on any atom is 0.102 e. The SMILES string of the molecule is CC(C)=COCC1(C)CCCS1. The highest BCUT2D eigenvalue weighted by Gasteiger charge is 2.29. The molecule has 0 bridgehead atoms. The van der Waals surface area contributed by atoms with Gasteiger partial charge in [0.05, 0.1) is 6.26 Å². The molecule has 70 valence electrons. The van der Waals surface area contributed by atoms with Gasteiger partial charge >= 0.3 is 0 Å². The van der Waals surface area contributed by atoms with Crippen molar-refractivity contribution in [1.29, 1.82) is 0 Å². The molecular formula is C10H18OS. The van der Waals surface area contributed by atoms with Gasteiger partial charge in [-0.25, -0.2) is 0 Å². The van der Waals surface area contributed by atoms with E-state index in [-0.39, 0.29) is 0 Å². The molecule has 0 spiro atoms. The Bertz CT molecular complexity index is 165. The molecule has 1 atom stereocenters. The number of hydrogen-bond donors (Lipinski definition) is 0.